The van der Waals surface area contributed by atoms with E-state index in [1.165, 1.54) is 11.3 Å². The van der Waals surface area contributed by atoms with Crippen LogP contribution in [0.25, 0.3) is 21.6 Å². The smallest absolute Gasteiger partial charge is 0.262 e. The molecule has 0 aliphatic rings. The van der Waals surface area contributed by atoms with E-state index in [2.05, 4.69) is 15.3 Å². The number of aryl methyl sites for hydroxylation is 2. The number of benzene rings is 1. The molecule has 26 heavy (non-hydrogen) atoms. The van der Waals surface area contributed by atoms with Crippen molar-refractivity contribution in [2.75, 3.05) is 0 Å². The Balaban J connectivity index is 1.69. The molecule has 3 aromatic heterocycles. The molecule has 4 rings (SSSR count). The van der Waals surface area contributed by atoms with Crippen molar-refractivity contribution in [1.82, 2.24) is 15.3 Å². The normalized spacial score (nSPS) is 11.0. The van der Waals surface area contributed by atoms with Gasteiger partial charge in [-0.05, 0) is 31.5 Å². The first-order chi connectivity index (χ1) is 12.6. The third kappa shape index (κ3) is 2.99. The Kier molecular flexibility index (Phi) is 4.26. The van der Waals surface area contributed by atoms with Gasteiger partial charge in [-0.2, -0.15) is 0 Å². The van der Waals surface area contributed by atoms with Crippen LogP contribution in [0.15, 0.2) is 53.1 Å². The molecule has 0 aliphatic heterocycles. The fourth-order valence-electron chi connectivity index (χ4n) is 2.93. The molecule has 3 heterocycles. The summed E-state index contributed by atoms with van der Waals surface area (Å²) in [4.78, 5) is 23.4. The summed E-state index contributed by atoms with van der Waals surface area (Å²) >= 11 is 1.40. The van der Waals surface area contributed by atoms with Crippen LogP contribution in [0.3, 0.4) is 0 Å². The lowest BCUT2D eigenvalue weighted by atomic mass is 10.1. The third-order valence-electron chi connectivity index (χ3n) is 4.21. The number of amides is 1. The summed E-state index contributed by atoms with van der Waals surface area (Å²) in [7, 11) is 0. The van der Waals surface area contributed by atoms with E-state index in [0.717, 1.165) is 32.8 Å². The molecule has 1 aromatic carbocycles. The van der Waals surface area contributed by atoms with Crippen LogP contribution in [0, 0.1) is 13.8 Å². The number of aromatic nitrogens is 2. The lowest BCUT2D eigenvalue weighted by molar-refractivity contribution is 0.0951. The molecule has 1 amide bonds. The summed E-state index contributed by atoms with van der Waals surface area (Å²) in [6, 6.07) is 13.5. The number of carbonyl (C=O) groups is 1. The summed E-state index contributed by atoms with van der Waals surface area (Å²) in [6.07, 6.45) is 1.59. The first kappa shape index (κ1) is 16.5. The van der Waals surface area contributed by atoms with Gasteiger partial charge in [0.15, 0.2) is 5.82 Å². The molecule has 0 atom stereocenters. The summed E-state index contributed by atoms with van der Waals surface area (Å²) in [6.45, 7) is 4.26. The molecule has 0 spiro atoms. The van der Waals surface area contributed by atoms with Gasteiger partial charge in [0, 0.05) is 10.9 Å². The number of fused-ring (bicyclic) bond motifs is 1. The lowest BCUT2D eigenvalue weighted by Gasteiger charge is -2.04. The molecule has 0 aliphatic carbocycles. The topological polar surface area (TPSA) is 68.0 Å². The molecule has 0 bridgehead atoms. The van der Waals surface area contributed by atoms with Crippen LogP contribution < -0.4 is 5.32 Å². The second-order valence-corrected chi connectivity index (χ2v) is 7.00. The Bertz CT molecular complexity index is 1070. The molecular formula is C20H17N3O2S. The second kappa shape index (κ2) is 6.72. The van der Waals surface area contributed by atoms with Crippen LogP contribution in [0.2, 0.25) is 0 Å². The van der Waals surface area contributed by atoms with Gasteiger partial charge in [-0.3, -0.25) is 4.79 Å². The highest BCUT2D eigenvalue weighted by Gasteiger charge is 2.19. The summed E-state index contributed by atoms with van der Waals surface area (Å²) < 4.78 is 5.26. The van der Waals surface area contributed by atoms with Gasteiger partial charge in [-0.25, -0.2) is 9.97 Å². The Morgan fingerprint density at radius 2 is 1.92 bits per heavy atom. The van der Waals surface area contributed by atoms with Gasteiger partial charge in [0.1, 0.15) is 10.6 Å². The highest BCUT2D eigenvalue weighted by Crippen LogP contribution is 2.32. The average molecular weight is 363 g/mol. The number of furan rings is 1. The van der Waals surface area contributed by atoms with Crippen molar-refractivity contribution in [3.63, 3.8) is 0 Å². The van der Waals surface area contributed by atoms with Gasteiger partial charge in [0.25, 0.3) is 5.91 Å². The molecule has 0 fully saturated rings. The Hall–Kier alpha value is -2.99. The maximum atomic E-state index is 12.6. The largest absolute Gasteiger partial charge is 0.467 e. The fraction of sp³-hybridized carbons (Fsp3) is 0.150. The molecule has 130 valence electrons. The van der Waals surface area contributed by atoms with E-state index in [9.17, 15) is 4.79 Å². The van der Waals surface area contributed by atoms with E-state index in [1.807, 2.05) is 50.2 Å². The molecule has 0 radical (unpaired) electrons. The minimum atomic E-state index is -0.123. The lowest BCUT2D eigenvalue weighted by Crippen LogP contribution is -2.22. The molecule has 0 saturated heterocycles. The Morgan fingerprint density at radius 3 is 2.65 bits per heavy atom. The van der Waals surface area contributed by atoms with E-state index < -0.39 is 0 Å². The summed E-state index contributed by atoms with van der Waals surface area (Å²) in [5.74, 6) is 1.28. The van der Waals surface area contributed by atoms with Crippen LogP contribution >= 0.6 is 11.3 Å². The van der Waals surface area contributed by atoms with Crippen molar-refractivity contribution in [1.29, 1.82) is 0 Å². The zero-order valence-electron chi connectivity index (χ0n) is 14.4. The average Bonchev–Trinajstić information content (AvgIpc) is 3.28. The van der Waals surface area contributed by atoms with E-state index in [4.69, 9.17) is 4.42 Å². The Labute approximate surface area is 154 Å². The Morgan fingerprint density at radius 1 is 1.12 bits per heavy atom. The molecular weight excluding hydrogens is 346 g/mol. The van der Waals surface area contributed by atoms with Crippen molar-refractivity contribution in [2.45, 2.75) is 20.4 Å². The van der Waals surface area contributed by atoms with Gasteiger partial charge in [0.05, 0.1) is 23.4 Å². The predicted octanol–water partition coefficient (Wildman–Crippen LogP) is 4.50. The van der Waals surface area contributed by atoms with Crippen LogP contribution in [-0.2, 0) is 6.54 Å². The number of thiophene rings is 1. The first-order valence-electron chi connectivity index (χ1n) is 8.27. The number of hydrogen-bond acceptors (Lipinski definition) is 5. The minimum Gasteiger partial charge on any atom is -0.467 e. The van der Waals surface area contributed by atoms with E-state index >= 15 is 0 Å². The molecule has 6 heteroatoms. The maximum absolute atomic E-state index is 12.6. The van der Waals surface area contributed by atoms with Gasteiger partial charge >= 0.3 is 0 Å². The number of nitrogens with zero attached hydrogens (tertiary/aromatic N) is 2. The van der Waals surface area contributed by atoms with Crippen molar-refractivity contribution in [3.05, 3.63) is 70.6 Å². The van der Waals surface area contributed by atoms with Crippen LogP contribution in [-0.4, -0.2) is 15.9 Å². The van der Waals surface area contributed by atoms with Crippen LogP contribution in [0.1, 0.15) is 26.7 Å². The van der Waals surface area contributed by atoms with Gasteiger partial charge in [0.2, 0.25) is 0 Å². The van der Waals surface area contributed by atoms with Crippen molar-refractivity contribution < 1.29 is 9.21 Å². The highest BCUT2D eigenvalue weighted by molar-refractivity contribution is 7.20. The number of rotatable bonds is 4. The maximum Gasteiger partial charge on any atom is 0.262 e. The third-order valence-corrected chi connectivity index (χ3v) is 5.40. The molecule has 4 aromatic rings. The van der Waals surface area contributed by atoms with Gasteiger partial charge in [-0.1, -0.05) is 30.3 Å². The van der Waals surface area contributed by atoms with E-state index in [1.54, 1.807) is 12.3 Å². The van der Waals surface area contributed by atoms with E-state index in [0.29, 0.717) is 17.2 Å². The predicted molar refractivity (Wildman–Crippen MR) is 102 cm³/mol. The molecule has 0 saturated carbocycles. The van der Waals surface area contributed by atoms with Gasteiger partial charge < -0.3 is 9.73 Å². The van der Waals surface area contributed by atoms with Crippen molar-refractivity contribution >= 4 is 27.5 Å². The van der Waals surface area contributed by atoms with Crippen LogP contribution in [0.4, 0.5) is 0 Å². The van der Waals surface area contributed by atoms with E-state index in [-0.39, 0.29) is 5.91 Å². The zero-order chi connectivity index (χ0) is 18.1. The number of hydrogen-bond donors (Lipinski definition) is 1. The second-order valence-electron chi connectivity index (χ2n) is 6.00. The number of nitrogens with one attached hydrogen (secondary N) is 1. The number of carbonyl (C=O) groups excluding carboxylic acids is 1. The molecule has 5 nitrogen and oxygen atoms in total. The highest BCUT2D eigenvalue weighted by atomic mass is 32.1. The van der Waals surface area contributed by atoms with Crippen molar-refractivity contribution in [2.24, 2.45) is 0 Å². The summed E-state index contributed by atoms with van der Waals surface area (Å²) in [5, 5.41) is 3.85. The monoisotopic (exact) mass is 363 g/mol. The van der Waals surface area contributed by atoms with Crippen molar-refractivity contribution in [3.8, 4) is 11.4 Å². The molecule has 0 unspecified atom stereocenters. The van der Waals surface area contributed by atoms with Gasteiger partial charge in [-0.15, -0.1) is 11.3 Å². The zero-order valence-corrected chi connectivity index (χ0v) is 15.3. The van der Waals surface area contributed by atoms with Crippen LogP contribution in [0.5, 0.6) is 0 Å². The standard InChI is InChI=1S/C20H17N3O2S/c1-12-16-13(2)22-18(14-7-4-3-5-8-14)23-20(16)26-17(12)19(24)21-11-15-9-6-10-25-15/h3-10H,11H2,1-2H3,(H,21,24). The fourth-order valence-corrected chi connectivity index (χ4v) is 4.08. The molecule has 1 N–H and O–H groups in total. The first-order valence-corrected chi connectivity index (χ1v) is 9.09. The minimum absolute atomic E-state index is 0.123. The quantitative estimate of drug-likeness (QED) is 0.580. The SMILES string of the molecule is Cc1nc(-c2ccccc2)nc2sc(C(=O)NCc3ccco3)c(C)c12. The summed E-state index contributed by atoms with van der Waals surface area (Å²) in [5.41, 5.74) is 2.76.